The molecular formula is C49H52ClN17O3. The summed E-state index contributed by atoms with van der Waals surface area (Å²) in [5, 5.41) is 23.1. The van der Waals surface area contributed by atoms with E-state index in [0.29, 0.717) is 76.5 Å². The van der Waals surface area contributed by atoms with E-state index >= 15 is 0 Å². The Bertz CT molecular complexity index is 3200. The van der Waals surface area contributed by atoms with E-state index in [1.165, 1.54) is 12.7 Å². The number of pyridine rings is 2. The van der Waals surface area contributed by atoms with Crippen molar-refractivity contribution >= 4 is 75.5 Å². The van der Waals surface area contributed by atoms with Crippen LogP contribution in [0, 0.1) is 13.8 Å². The lowest BCUT2D eigenvalue weighted by atomic mass is 10.1. The lowest BCUT2D eigenvalue weighted by molar-refractivity contribution is -0.125. The fourth-order valence-electron chi connectivity index (χ4n) is 8.42. The van der Waals surface area contributed by atoms with Crippen molar-refractivity contribution in [1.82, 2.24) is 65.0 Å². The molecule has 8 heterocycles. The number of anilines is 4. The molecule has 0 unspecified atom stereocenters. The Morgan fingerprint density at radius 3 is 1.69 bits per heavy atom. The van der Waals surface area contributed by atoms with Crippen molar-refractivity contribution in [2.45, 2.75) is 38.8 Å². The predicted molar refractivity (Wildman–Crippen MR) is 271 cm³/mol. The maximum Gasteiger partial charge on any atom is 0.256 e. The monoisotopic (exact) mass is 961 g/mol. The summed E-state index contributed by atoms with van der Waals surface area (Å²) in [6.45, 7) is 7.46. The van der Waals surface area contributed by atoms with Crippen LogP contribution in [0.15, 0.2) is 110 Å². The van der Waals surface area contributed by atoms with Gasteiger partial charge in [-0.2, -0.15) is 10.2 Å². The maximum absolute atomic E-state index is 12.7. The average molecular weight is 963 g/mol. The molecule has 70 heavy (non-hydrogen) atoms. The molecule has 10 rings (SSSR count). The molecule has 20 nitrogen and oxygen atoms in total. The van der Waals surface area contributed by atoms with Crippen molar-refractivity contribution < 1.29 is 14.4 Å². The number of rotatable bonds is 11. The van der Waals surface area contributed by atoms with Gasteiger partial charge in [0, 0.05) is 66.9 Å². The van der Waals surface area contributed by atoms with Crippen LogP contribution >= 0.6 is 12.4 Å². The third-order valence-corrected chi connectivity index (χ3v) is 12.0. The number of nitrogens with one attached hydrogen (secondary N) is 4. The van der Waals surface area contributed by atoms with E-state index in [2.05, 4.69) is 51.2 Å². The van der Waals surface area contributed by atoms with Crippen LogP contribution in [0.4, 0.5) is 23.3 Å². The molecule has 2 saturated heterocycles. The van der Waals surface area contributed by atoms with Gasteiger partial charge in [0.15, 0.2) is 11.3 Å². The number of aromatic nitrogens is 10. The zero-order valence-corrected chi connectivity index (χ0v) is 39.5. The van der Waals surface area contributed by atoms with E-state index in [1.54, 1.807) is 42.7 Å². The first-order valence-electron chi connectivity index (χ1n) is 22.5. The van der Waals surface area contributed by atoms with Crippen LogP contribution in [0.1, 0.15) is 56.8 Å². The van der Waals surface area contributed by atoms with Crippen molar-refractivity contribution in [2.24, 2.45) is 0 Å². The molecule has 0 spiro atoms. The molecule has 2 atom stereocenters. The van der Waals surface area contributed by atoms with E-state index in [9.17, 15) is 14.4 Å². The SMILES string of the molecule is CNC/C=C/C(=O)N1CC[C@@H](n2nc(-c3ccc(C(=O)Nc4cc(C)ccn4)cc3)c3c(N)ncnc32)C1.Cc1ccnc(NC(=O)c2ccc(-c3nn([C@@H]4CCNC4)c4ncnc(N)c34)cc2)c1.Cl. The third-order valence-electron chi connectivity index (χ3n) is 12.0. The number of carbonyl (C=O) groups excluding carboxylic acids is 3. The van der Waals surface area contributed by atoms with E-state index in [1.807, 2.05) is 89.8 Å². The molecule has 0 saturated carbocycles. The molecule has 6 aromatic heterocycles. The summed E-state index contributed by atoms with van der Waals surface area (Å²) in [6, 6.07) is 21.9. The number of hydrogen-bond donors (Lipinski definition) is 6. The van der Waals surface area contributed by atoms with Crippen LogP contribution in [-0.2, 0) is 4.79 Å². The highest BCUT2D eigenvalue weighted by molar-refractivity contribution is 6.06. The number of amides is 3. The van der Waals surface area contributed by atoms with Crippen LogP contribution in [-0.4, -0.2) is 112 Å². The fourth-order valence-corrected chi connectivity index (χ4v) is 8.42. The van der Waals surface area contributed by atoms with E-state index in [-0.39, 0.29) is 42.2 Å². The molecule has 2 aliphatic heterocycles. The molecule has 21 heteroatoms. The maximum atomic E-state index is 12.7. The minimum atomic E-state index is -0.257. The number of likely N-dealkylation sites (N-methyl/N-ethyl adjacent to an activating group) is 1. The van der Waals surface area contributed by atoms with Gasteiger partial charge < -0.3 is 37.6 Å². The Morgan fingerprint density at radius 1 is 0.700 bits per heavy atom. The quantitative estimate of drug-likeness (QED) is 0.0866. The van der Waals surface area contributed by atoms with Gasteiger partial charge in [0.25, 0.3) is 11.8 Å². The number of fused-ring (bicyclic) bond motifs is 2. The molecule has 0 radical (unpaired) electrons. The normalized spacial score (nSPS) is 15.4. The molecule has 2 fully saturated rings. The van der Waals surface area contributed by atoms with Gasteiger partial charge in [-0.25, -0.2) is 39.3 Å². The molecule has 2 aliphatic rings. The first-order valence-corrected chi connectivity index (χ1v) is 22.5. The minimum absolute atomic E-state index is 0. The Balaban J connectivity index is 0.000000189. The van der Waals surface area contributed by atoms with Crippen molar-refractivity contribution in [1.29, 1.82) is 0 Å². The second kappa shape index (κ2) is 21.4. The van der Waals surface area contributed by atoms with E-state index < -0.39 is 0 Å². The summed E-state index contributed by atoms with van der Waals surface area (Å²) < 4.78 is 3.78. The van der Waals surface area contributed by atoms with Gasteiger partial charge in [-0.3, -0.25) is 14.4 Å². The van der Waals surface area contributed by atoms with Crippen molar-refractivity contribution in [2.75, 3.05) is 61.9 Å². The largest absolute Gasteiger partial charge is 0.383 e. The zero-order valence-electron chi connectivity index (χ0n) is 38.7. The number of aryl methyl sites for hydroxylation is 2. The van der Waals surface area contributed by atoms with Crippen LogP contribution in [0.25, 0.3) is 44.6 Å². The first kappa shape index (κ1) is 48.3. The van der Waals surface area contributed by atoms with Gasteiger partial charge in [-0.15, -0.1) is 12.4 Å². The second-order valence-electron chi connectivity index (χ2n) is 16.8. The molecule has 0 bridgehead atoms. The van der Waals surface area contributed by atoms with Crippen molar-refractivity contribution in [3.8, 4) is 22.5 Å². The number of benzene rings is 2. The lowest BCUT2D eigenvalue weighted by Crippen LogP contribution is -2.27. The van der Waals surface area contributed by atoms with E-state index in [0.717, 1.165) is 59.2 Å². The molecule has 3 amide bonds. The molecule has 8 aromatic rings. The Hall–Kier alpha value is -8.20. The topological polar surface area (TPSA) is 268 Å². The molecular weight excluding hydrogens is 910 g/mol. The number of carbonyl (C=O) groups is 3. The van der Waals surface area contributed by atoms with Gasteiger partial charge >= 0.3 is 0 Å². The van der Waals surface area contributed by atoms with Crippen LogP contribution in [0.3, 0.4) is 0 Å². The summed E-state index contributed by atoms with van der Waals surface area (Å²) in [7, 11) is 1.83. The van der Waals surface area contributed by atoms with Crippen LogP contribution < -0.4 is 32.7 Å². The summed E-state index contributed by atoms with van der Waals surface area (Å²) in [4.78, 5) is 65.3. The predicted octanol–water partition coefficient (Wildman–Crippen LogP) is 5.57. The highest BCUT2D eigenvalue weighted by Crippen LogP contribution is 2.35. The molecule has 0 aliphatic carbocycles. The highest BCUT2D eigenvalue weighted by atomic mass is 35.5. The van der Waals surface area contributed by atoms with E-state index in [4.69, 9.17) is 21.7 Å². The number of nitrogens with zero attached hydrogens (tertiary/aromatic N) is 11. The van der Waals surface area contributed by atoms with Gasteiger partial charge in [0.2, 0.25) is 5.91 Å². The number of halogens is 1. The number of nitrogens with two attached hydrogens (primary N) is 2. The lowest BCUT2D eigenvalue weighted by Gasteiger charge is -2.15. The molecule has 8 N–H and O–H groups in total. The summed E-state index contributed by atoms with van der Waals surface area (Å²) in [5.74, 6) is 1.23. The number of likely N-dealkylation sites (tertiary alicyclic amines) is 1. The molecule has 2 aromatic carbocycles. The Labute approximate surface area is 408 Å². The smallest absolute Gasteiger partial charge is 0.256 e. The summed E-state index contributed by atoms with van der Waals surface area (Å²) in [6.07, 6.45) is 11.3. The fraction of sp³-hybridized carbons (Fsp3) is 0.245. The Kier molecular flexibility index (Phi) is 14.8. The first-order chi connectivity index (χ1) is 33.5. The second-order valence-corrected chi connectivity index (χ2v) is 16.8. The van der Waals surface area contributed by atoms with Gasteiger partial charge in [-0.1, -0.05) is 30.3 Å². The van der Waals surface area contributed by atoms with Gasteiger partial charge in [0.1, 0.15) is 47.3 Å². The van der Waals surface area contributed by atoms with Gasteiger partial charge in [0.05, 0.1) is 22.9 Å². The zero-order chi connectivity index (χ0) is 48.0. The summed E-state index contributed by atoms with van der Waals surface area (Å²) >= 11 is 0. The van der Waals surface area contributed by atoms with Crippen molar-refractivity contribution in [3.05, 3.63) is 132 Å². The number of nitrogen functional groups attached to an aromatic ring is 2. The average Bonchev–Trinajstić information content (AvgIpc) is 4.19. The summed E-state index contributed by atoms with van der Waals surface area (Å²) in [5.41, 5.74) is 19.8. The highest BCUT2D eigenvalue weighted by Gasteiger charge is 2.30. The Morgan fingerprint density at radius 2 is 1.21 bits per heavy atom. The molecule has 358 valence electrons. The number of hydrogen-bond acceptors (Lipinski definition) is 15. The third kappa shape index (κ3) is 10.4. The van der Waals surface area contributed by atoms with Gasteiger partial charge in [-0.05, 0) is 99.9 Å². The van der Waals surface area contributed by atoms with Crippen LogP contribution in [0.2, 0.25) is 0 Å². The minimum Gasteiger partial charge on any atom is -0.383 e. The standard InChI is InChI=1S/C27H29N9O2.C22H22N8O.ClH/c1-17-9-12-30-21(14-17)33-27(38)19-7-5-18(6-8-19)24-23-25(28)31-16-32-26(23)36(34-24)20-10-13-35(15-20)22(37)4-3-11-29-2;1-13-6-9-25-17(10-13)28-22(31)15-4-2-14(3-5-15)19-18-20(23)26-12-27-21(18)30(29-19)16-7-8-24-11-16;/h3-9,12,14,16,20,29H,10-11,13,15H2,1-2H3,(H2,28,31,32)(H,30,33,38);2-6,9-10,12,16,24H,7-8,11H2,1H3,(H2,23,26,27)(H,25,28,31);1H/b4-3+;;/t20-;16-;/m11./s1. The van der Waals surface area contributed by atoms with Crippen molar-refractivity contribution in [3.63, 3.8) is 0 Å². The van der Waals surface area contributed by atoms with Crippen LogP contribution in [0.5, 0.6) is 0 Å².